The maximum atomic E-state index is 12.1. The van der Waals surface area contributed by atoms with Crippen LogP contribution in [0, 0.1) is 0 Å². The van der Waals surface area contributed by atoms with Crippen LogP contribution in [0.5, 0.6) is 5.75 Å². The van der Waals surface area contributed by atoms with Gasteiger partial charge in [-0.05, 0) is 37.3 Å². The Morgan fingerprint density at radius 2 is 1.85 bits per heavy atom. The summed E-state index contributed by atoms with van der Waals surface area (Å²) in [5.41, 5.74) is 0.777. The molecule has 2 amide bonds. The Bertz CT molecular complexity index is 840. The van der Waals surface area contributed by atoms with Crippen LogP contribution in [-0.2, 0) is 14.3 Å². The van der Waals surface area contributed by atoms with Crippen molar-refractivity contribution in [1.82, 2.24) is 5.32 Å². The molecule has 0 heterocycles. The highest BCUT2D eigenvalue weighted by Gasteiger charge is 2.19. The summed E-state index contributed by atoms with van der Waals surface area (Å²) in [5.74, 6) is -1.35. The molecule has 0 saturated heterocycles. The number of methoxy groups -OCH3 is 1. The Labute approximate surface area is 161 Å². The molecule has 0 aliphatic heterocycles. The van der Waals surface area contributed by atoms with Crippen molar-refractivity contribution in [1.29, 1.82) is 0 Å². The van der Waals surface area contributed by atoms with Crippen LogP contribution in [0.25, 0.3) is 0 Å². The summed E-state index contributed by atoms with van der Waals surface area (Å²) in [6.45, 7) is 1.05. The van der Waals surface area contributed by atoms with Crippen molar-refractivity contribution < 1.29 is 23.9 Å². The van der Waals surface area contributed by atoms with Gasteiger partial charge in [0.2, 0.25) is 0 Å². The third kappa shape index (κ3) is 6.00. The molecule has 0 unspecified atom stereocenters. The number of ether oxygens (including phenoxy) is 2. The van der Waals surface area contributed by atoms with E-state index in [-0.39, 0.29) is 6.54 Å². The minimum Gasteiger partial charge on any atom is -0.496 e. The number of para-hydroxylation sites is 1. The Hall–Kier alpha value is -3.06. The topological polar surface area (TPSA) is 93.7 Å². The Balaban J connectivity index is 1.84. The van der Waals surface area contributed by atoms with E-state index in [1.165, 1.54) is 14.0 Å². The molecule has 0 fully saturated rings. The standard InChI is InChI=1S/C19H19ClN2O5/c1-12(18(24)22-14-7-5-6-13(20)10-14)27-17(23)11-21-19(25)15-8-3-4-9-16(15)26-2/h3-10,12H,11H2,1-2H3,(H,21,25)(H,22,24)/t12-/m1/s1. The maximum Gasteiger partial charge on any atom is 0.326 e. The molecule has 0 aliphatic carbocycles. The molecule has 0 spiro atoms. The van der Waals surface area contributed by atoms with E-state index in [4.69, 9.17) is 21.1 Å². The predicted molar refractivity (Wildman–Crippen MR) is 101 cm³/mol. The van der Waals surface area contributed by atoms with Gasteiger partial charge in [-0.15, -0.1) is 0 Å². The van der Waals surface area contributed by atoms with Crippen LogP contribution in [0.2, 0.25) is 5.02 Å². The minimum absolute atomic E-state index is 0.291. The highest BCUT2D eigenvalue weighted by molar-refractivity contribution is 6.30. The minimum atomic E-state index is -1.04. The highest BCUT2D eigenvalue weighted by atomic mass is 35.5. The molecule has 2 rings (SSSR count). The largest absolute Gasteiger partial charge is 0.496 e. The fraction of sp³-hybridized carbons (Fsp3) is 0.211. The molecular weight excluding hydrogens is 372 g/mol. The number of carbonyl (C=O) groups is 3. The lowest BCUT2D eigenvalue weighted by molar-refractivity contribution is -0.152. The van der Waals surface area contributed by atoms with Gasteiger partial charge in [0.05, 0.1) is 12.7 Å². The molecule has 7 nitrogen and oxygen atoms in total. The van der Waals surface area contributed by atoms with Crippen LogP contribution in [0.4, 0.5) is 5.69 Å². The molecule has 0 aromatic heterocycles. The van der Waals surface area contributed by atoms with Crippen molar-refractivity contribution in [3.8, 4) is 5.75 Å². The lowest BCUT2D eigenvalue weighted by Crippen LogP contribution is -2.35. The highest BCUT2D eigenvalue weighted by Crippen LogP contribution is 2.17. The number of benzene rings is 2. The van der Waals surface area contributed by atoms with Crippen molar-refractivity contribution in [2.75, 3.05) is 19.0 Å². The van der Waals surface area contributed by atoms with E-state index in [0.29, 0.717) is 22.0 Å². The number of carbonyl (C=O) groups excluding carboxylic acids is 3. The average Bonchev–Trinajstić information content (AvgIpc) is 2.66. The van der Waals surface area contributed by atoms with Gasteiger partial charge < -0.3 is 20.1 Å². The molecule has 0 aliphatic rings. The van der Waals surface area contributed by atoms with Gasteiger partial charge in [0.25, 0.3) is 11.8 Å². The normalized spacial score (nSPS) is 11.2. The van der Waals surface area contributed by atoms with Gasteiger partial charge in [-0.25, -0.2) is 0 Å². The van der Waals surface area contributed by atoms with Crippen LogP contribution >= 0.6 is 11.6 Å². The molecule has 142 valence electrons. The van der Waals surface area contributed by atoms with E-state index in [2.05, 4.69) is 10.6 Å². The van der Waals surface area contributed by atoms with Crippen molar-refractivity contribution in [2.45, 2.75) is 13.0 Å². The first-order valence-corrected chi connectivity index (χ1v) is 8.45. The van der Waals surface area contributed by atoms with Crippen LogP contribution in [0.15, 0.2) is 48.5 Å². The second-order valence-corrected chi connectivity index (χ2v) is 5.95. The van der Waals surface area contributed by atoms with Gasteiger partial charge in [-0.3, -0.25) is 14.4 Å². The molecule has 0 saturated carbocycles. The van der Waals surface area contributed by atoms with E-state index >= 15 is 0 Å². The number of anilines is 1. The van der Waals surface area contributed by atoms with E-state index in [1.54, 1.807) is 48.5 Å². The summed E-state index contributed by atoms with van der Waals surface area (Å²) >= 11 is 5.85. The van der Waals surface area contributed by atoms with Gasteiger partial charge in [0.15, 0.2) is 6.10 Å². The van der Waals surface area contributed by atoms with Crippen LogP contribution in [-0.4, -0.2) is 37.5 Å². The SMILES string of the molecule is COc1ccccc1C(=O)NCC(=O)O[C@H](C)C(=O)Nc1cccc(Cl)c1. The van der Waals surface area contributed by atoms with Gasteiger partial charge in [-0.2, -0.15) is 0 Å². The Morgan fingerprint density at radius 1 is 1.11 bits per heavy atom. The van der Waals surface area contributed by atoms with Gasteiger partial charge >= 0.3 is 5.97 Å². The molecular formula is C19H19ClN2O5. The van der Waals surface area contributed by atoms with Gasteiger partial charge in [0.1, 0.15) is 12.3 Å². The smallest absolute Gasteiger partial charge is 0.326 e. The van der Waals surface area contributed by atoms with Crippen LogP contribution < -0.4 is 15.4 Å². The quantitative estimate of drug-likeness (QED) is 0.709. The summed E-state index contributed by atoms with van der Waals surface area (Å²) in [6, 6.07) is 13.2. The fourth-order valence-electron chi connectivity index (χ4n) is 2.18. The second kappa shape index (κ2) is 9.59. The second-order valence-electron chi connectivity index (χ2n) is 5.51. The summed E-state index contributed by atoms with van der Waals surface area (Å²) in [5, 5.41) is 5.49. The zero-order chi connectivity index (χ0) is 19.8. The lowest BCUT2D eigenvalue weighted by atomic mass is 10.2. The third-order valence-corrected chi connectivity index (χ3v) is 3.75. The maximum absolute atomic E-state index is 12.1. The zero-order valence-electron chi connectivity index (χ0n) is 14.8. The first-order chi connectivity index (χ1) is 12.9. The summed E-state index contributed by atoms with van der Waals surface area (Å²) < 4.78 is 10.1. The summed E-state index contributed by atoms with van der Waals surface area (Å²) in [4.78, 5) is 36.1. The molecule has 1 atom stereocenters. The van der Waals surface area contributed by atoms with Crippen molar-refractivity contribution in [3.63, 3.8) is 0 Å². The Kier molecular flexibility index (Phi) is 7.19. The third-order valence-electron chi connectivity index (χ3n) is 3.51. The van der Waals surface area contributed by atoms with Crippen molar-refractivity contribution in [2.24, 2.45) is 0 Å². The summed E-state index contributed by atoms with van der Waals surface area (Å²) in [7, 11) is 1.45. The zero-order valence-corrected chi connectivity index (χ0v) is 15.6. The molecule has 8 heteroatoms. The Morgan fingerprint density at radius 3 is 2.56 bits per heavy atom. The molecule has 2 N–H and O–H groups in total. The van der Waals surface area contributed by atoms with E-state index < -0.39 is 23.9 Å². The first kappa shape index (κ1) is 20.3. The number of amides is 2. The number of hydrogen-bond acceptors (Lipinski definition) is 5. The molecule has 2 aromatic carbocycles. The van der Waals surface area contributed by atoms with E-state index in [0.717, 1.165) is 0 Å². The van der Waals surface area contributed by atoms with Gasteiger partial charge in [-0.1, -0.05) is 29.8 Å². The molecule has 0 bridgehead atoms. The number of hydrogen-bond donors (Lipinski definition) is 2. The first-order valence-electron chi connectivity index (χ1n) is 8.08. The molecule has 27 heavy (non-hydrogen) atoms. The summed E-state index contributed by atoms with van der Waals surface area (Å²) in [6.07, 6.45) is -1.04. The van der Waals surface area contributed by atoms with E-state index in [1.807, 2.05) is 0 Å². The average molecular weight is 391 g/mol. The molecule has 0 radical (unpaired) electrons. The van der Waals surface area contributed by atoms with Crippen LogP contribution in [0.1, 0.15) is 17.3 Å². The van der Waals surface area contributed by atoms with Crippen molar-refractivity contribution >= 4 is 35.1 Å². The number of nitrogens with one attached hydrogen (secondary N) is 2. The van der Waals surface area contributed by atoms with Crippen molar-refractivity contribution in [3.05, 3.63) is 59.1 Å². The van der Waals surface area contributed by atoms with Gasteiger partial charge in [0, 0.05) is 10.7 Å². The number of halogens is 1. The fourth-order valence-corrected chi connectivity index (χ4v) is 2.37. The van der Waals surface area contributed by atoms with E-state index in [9.17, 15) is 14.4 Å². The van der Waals surface area contributed by atoms with Crippen LogP contribution in [0.3, 0.4) is 0 Å². The molecule has 2 aromatic rings. The lowest BCUT2D eigenvalue weighted by Gasteiger charge is -2.14. The number of esters is 1. The monoisotopic (exact) mass is 390 g/mol. The number of rotatable bonds is 7. The predicted octanol–water partition coefficient (Wildman–Crippen LogP) is 2.65.